The summed E-state index contributed by atoms with van der Waals surface area (Å²) in [6.07, 6.45) is 5.08. The molecule has 0 spiro atoms. The molecule has 1 N–H and O–H groups in total. The summed E-state index contributed by atoms with van der Waals surface area (Å²) in [5, 5.41) is 3.01. The SMILES string of the molecule is CNc1ncccc1C(=O)N1CCC[C@@H](N(C)CCCN(C)C)C1. The third-order valence-electron chi connectivity index (χ3n) is 4.70. The molecule has 0 unspecified atom stereocenters. The van der Waals surface area contributed by atoms with Crippen LogP contribution in [0.5, 0.6) is 0 Å². The molecular formula is C18H31N5O. The molecule has 1 aromatic rings. The lowest BCUT2D eigenvalue weighted by atomic mass is 10.0. The van der Waals surface area contributed by atoms with Gasteiger partial charge in [0.05, 0.1) is 5.56 Å². The topological polar surface area (TPSA) is 51.7 Å². The number of carbonyl (C=O) groups excluding carboxylic acids is 1. The van der Waals surface area contributed by atoms with E-state index in [0.717, 1.165) is 45.4 Å². The molecule has 134 valence electrons. The van der Waals surface area contributed by atoms with E-state index in [1.165, 1.54) is 0 Å². The van der Waals surface area contributed by atoms with E-state index in [-0.39, 0.29) is 5.91 Å². The number of piperidine rings is 1. The molecule has 6 heteroatoms. The Morgan fingerprint density at radius 2 is 2.17 bits per heavy atom. The van der Waals surface area contributed by atoms with Gasteiger partial charge in [-0.15, -0.1) is 0 Å². The molecule has 1 amide bonds. The molecular weight excluding hydrogens is 302 g/mol. The van der Waals surface area contributed by atoms with Crippen LogP contribution >= 0.6 is 0 Å². The normalized spacial score (nSPS) is 18.2. The molecule has 0 bridgehead atoms. The second kappa shape index (κ2) is 8.99. The van der Waals surface area contributed by atoms with E-state index < -0.39 is 0 Å². The van der Waals surface area contributed by atoms with Gasteiger partial charge in [-0.2, -0.15) is 0 Å². The Kier molecular flexibility index (Phi) is 6.99. The van der Waals surface area contributed by atoms with Crippen molar-refractivity contribution in [1.82, 2.24) is 19.7 Å². The maximum atomic E-state index is 12.9. The van der Waals surface area contributed by atoms with Crippen molar-refractivity contribution in [1.29, 1.82) is 0 Å². The van der Waals surface area contributed by atoms with E-state index in [0.29, 0.717) is 17.4 Å². The molecule has 0 aliphatic carbocycles. The van der Waals surface area contributed by atoms with Crippen LogP contribution in [0.1, 0.15) is 29.6 Å². The van der Waals surface area contributed by atoms with Crippen LogP contribution in [0, 0.1) is 0 Å². The fourth-order valence-corrected chi connectivity index (χ4v) is 3.27. The number of hydrogen-bond donors (Lipinski definition) is 1. The van der Waals surface area contributed by atoms with Crippen LogP contribution in [0.25, 0.3) is 0 Å². The van der Waals surface area contributed by atoms with Gasteiger partial charge in [0.15, 0.2) is 0 Å². The maximum absolute atomic E-state index is 12.9. The van der Waals surface area contributed by atoms with Crippen LogP contribution in [0.15, 0.2) is 18.3 Å². The van der Waals surface area contributed by atoms with Crippen LogP contribution in [0.2, 0.25) is 0 Å². The molecule has 1 aromatic heterocycles. The van der Waals surface area contributed by atoms with Crippen LogP contribution in [-0.4, -0.2) is 86.0 Å². The number of hydrogen-bond acceptors (Lipinski definition) is 5. The van der Waals surface area contributed by atoms with Gasteiger partial charge in [-0.1, -0.05) is 0 Å². The number of rotatable bonds is 7. The molecule has 24 heavy (non-hydrogen) atoms. The zero-order chi connectivity index (χ0) is 17.5. The van der Waals surface area contributed by atoms with Crippen LogP contribution in [0.4, 0.5) is 5.82 Å². The lowest BCUT2D eigenvalue weighted by Crippen LogP contribution is -2.49. The minimum absolute atomic E-state index is 0.0823. The molecule has 1 saturated heterocycles. The smallest absolute Gasteiger partial charge is 0.257 e. The first-order valence-electron chi connectivity index (χ1n) is 8.80. The number of nitrogens with zero attached hydrogens (tertiary/aromatic N) is 4. The highest BCUT2D eigenvalue weighted by Crippen LogP contribution is 2.20. The summed E-state index contributed by atoms with van der Waals surface area (Å²) in [6.45, 7) is 3.80. The van der Waals surface area contributed by atoms with Crippen molar-refractivity contribution in [2.75, 3.05) is 59.7 Å². The maximum Gasteiger partial charge on any atom is 0.257 e. The highest BCUT2D eigenvalue weighted by atomic mass is 16.2. The minimum Gasteiger partial charge on any atom is -0.372 e. The molecule has 6 nitrogen and oxygen atoms in total. The minimum atomic E-state index is 0.0823. The Morgan fingerprint density at radius 1 is 1.38 bits per heavy atom. The van der Waals surface area contributed by atoms with Gasteiger partial charge in [0.1, 0.15) is 5.82 Å². The molecule has 1 fully saturated rings. The molecule has 1 aliphatic heterocycles. The van der Waals surface area contributed by atoms with E-state index in [1.807, 2.05) is 17.0 Å². The van der Waals surface area contributed by atoms with Gasteiger partial charge < -0.3 is 20.0 Å². The van der Waals surface area contributed by atoms with E-state index in [1.54, 1.807) is 13.2 Å². The Balaban J connectivity index is 1.95. The average molecular weight is 333 g/mol. The first-order chi connectivity index (χ1) is 11.5. The third kappa shape index (κ3) is 4.92. The highest BCUT2D eigenvalue weighted by Gasteiger charge is 2.27. The second-order valence-electron chi connectivity index (χ2n) is 6.83. The van der Waals surface area contributed by atoms with E-state index >= 15 is 0 Å². The predicted octanol–water partition coefficient (Wildman–Crippen LogP) is 1.61. The Hall–Kier alpha value is -1.66. The number of aromatic nitrogens is 1. The van der Waals surface area contributed by atoms with Gasteiger partial charge in [0, 0.05) is 32.4 Å². The zero-order valence-electron chi connectivity index (χ0n) is 15.5. The Labute approximate surface area is 145 Å². The first kappa shape index (κ1) is 18.7. The van der Waals surface area contributed by atoms with Crippen molar-refractivity contribution in [3.63, 3.8) is 0 Å². The first-order valence-corrected chi connectivity index (χ1v) is 8.80. The monoisotopic (exact) mass is 333 g/mol. The number of nitrogens with one attached hydrogen (secondary N) is 1. The number of carbonyl (C=O) groups is 1. The summed E-state index contributed by atoms with van der Waals surface area (Å²) in [4.78, 5) is 23.7. The molecule has 1 aliphatic rings. The standard InChI is InChI=1S/C18H31N5O/c1-19-17-16(9-5-10-20-17)18(24)23-13-6-8-15(14-23)22(4)12-7-11-21(2)3/h5,9-10,15H,6-8,11-14H2,1-4H3,(H,19,20)/t15-/m1/s1. The fraction of sp³-hybridized carbons (Fsp3) is 0.667. The average Bonchev–Trinajstić information content (AvgIpc) is 2.60. The van der Waals surface area contributed by atoms with Crippen molar-refractivity contribution >= 4 is 11.7 Å². The zero-order valence-corrected chi connectivity index (χ0v) is 15.5. The lowest BCUT2D eigenvalue weighted by Gasteiger charge is -2.38. The number of anilines is 1. The number of amides is 1. The second-order valence-corrected chi connectivity index (χ2v) is 6.83. The Bertz CT molecular complexity index is 534. The van der Waals surface area contributed by atoms with Gasteiger partial charge in [0.2, 0.25) is 0 Å². The van der Waals surface area contributed by atoms with Crippen molar-refractivity contribution in [3.05, 3.63) is 23.9 Å². The van der Waals surface area contributed by atoms with Gasteiger partial charge in [0.25, 0.3) is 5.91 Å². The predicted molar refractivity (Wildman–Crippen MR) is 98.5 cm³/mol. The van der Waals surface area contributed by atoms with E-state index in [2.05, 4.69) is 41.2 Å². The summed E-state index contributed by atoms with van der Waals surface area (Å²) in [5.74, 6) is 0.739. The van der Waals surface area contributed by atoms with Crippen LogP contribution in [0.3, 0.4) is 0 Å². The highest BCUT2D eigenvalue weighted by molar-refractivity contribution is 5.98. The summed E-state index contributed by atoms with van der Waals surface area (Å²) >= 11 is 0. The molecule has 1 atom stereocenters. The third-order valence-corrected chi connectivity index (χ3v) is 4.70. The van der Waals surface area contributed by atoms with Crippen LogP contribution < -0.4 is 5.32 Å². The van der Waals surface area contributed by atoms with Crippen molar-refractivity contribution in [2.45, 2.75) is 25.3 Å². The molecule has 0 radical (unpaired) electrons. The lowest BCUT2D eigenvalue weighted by molar-refractivity contribution is 0.0608. The van der Waals surface area contributed by atoms with E-state index in [4.69, 9.17) is 0 Å². The number of likely N-dealkylation sites (tertiary alicyclic amines) is 1. The van der Waals surface area contributed by atoms with Gasteiger partial charge in [-0.25, -0.2) is 4.98 Å². The van der Waals surface area contributed by atoms with Gasteiger partial charge in [-0.3, -0.25) is 4.79 Å². The van der Waals surface area contributed by atoms with Crippen molar-refractivity contribution in [2.24, 2.45) is 0 Å². The van der Waals surface area contributed by atoms with Crippen LogP contribution in [-0.2, 0) is 0 Å². The van der Waals surface area contributed by atoms with Gasteiger partial charge >= 0.3 is 0 Å². The van der Waals surface area contributed by atoms with Crippen molar-refractivity contribution < 1.29 is 4.79 Å². The van der Waals surface area contributed by atoms with Crippen molar-refractivity contribution in [3.8, 4) is 0 Å². The largest absolute Gasteiger partial charge is 0.372 e. The Morgan fingerprint density at radius 3 is 2.88 bits per heavy atom. The van der Waals surface area contributed by atoms with E-state index in [9.17, 15) is 4.79 Å². The van der Waals surface area contributed by atoms with Gasteiger partial charge in [-0.05, 0) is 65.6 Å². The summed E-state index contributed by atoms with van der Waals surface area (Å²) in [7, 11) is 8.19. The fourth-order valence-electron chi connectivity index (χ4n) is 3.27. The summed E-state index contributed by atoms with van der Waals surface area (Å²) in [6, 6.07) is 4.12. The molecule has 2 heterocycles. The molecule has 0 saturated carbocycles. The quantitative estimate of drug-likeness (QED) is 0.822. The molecule has 0 aromatic carbocycles. The number of likely N-dealkylation sites (N-methyl/N-ethyl adjacent to an activating group) is 1. The number of pyridine rings is 1. The summed E-state index contributed by atoms with van der Waals surface area (Å²) in [5.41, 5.74) is 0.663. The summed E-state index contributed by atoms with van der Waals surface area (Å²) < 4.78 is 0. The molecule has 2 rings (SSSR count).